The molecule has 2 rings (SSSR count). The maximum absolute atomic E-state index is 12.0. The topological polar surface area (TPSA) is 88.9 Å². The molecule has 0 saturated carbocycles. The Balaban J connectivity index is 2.08. The Bertz CT molecular complexity index is 475. The highest BCUT2D eigenvalue weighted by atomic mass is 79.9. The molecule has 1 aromatic heterocycles. The van der Waals surface area contributed by atoms with Crippen LogP contribution in [0.5, 0.6) is 0 Å². The molecule has 9 heteroatoms. The summed E-state index contributed by atoms with van der Waals surface area (Å²) in [5.74, 6) is 0.352. The summed E-state index contributed by atoms with van der Waals surface area (Å²) in [5.41, 5.74) is 0. The average Bonchev–Trinajstić information content (AvgIpc) is 2.86. The SMILES string of the molecule is Cn1nnc(Br)c1S(=O)(=O)NCC1CCNC1. The molecular weight excluding hydrogens is 310 g/mol. The van der Waals surface area contributed by atoms with Gasteiger partial charge in [-0.2, -0.15) is 0 Å². The van der Waals surface area contributed by atoms with Crippen LogP contribution in [0.3, 0.4) is 0 Å². The highest BCUT2D eigenvalue weighted by Crippen LogP contribution is 2.18. The zero-order chi connectivity index (χ0) is 12.5. The Kier molecular flexibility index (Phi) is 3.81. The number of hydrogen-bond acceptors (Lipinski definition) is 5. The standard InChI is InChI=1S/C8H14BrN5O2S/c1-14-8(7(9)12-13-14)17(15,16)11-5-6-2-3-10-4-6/h6,10-11H,2-5H2,1H3. The van der Waals surface area contributed by atoms with Crippen LogP contribution in [0.1, 0.15) is 6.42 Å². The van der Waals surface area contributed by atoms with Crippen molar-refractivity contribution in [1.82, 2.24) is 25.0 Å². The van der Waals surface area contributed by atoms with Gasteiger partial charge in [0.1, 0.15) is 0 Å². The number of nitrogens with zero attached hydrogens (tertiary/aromatic N) is 3. The highest BCUT2D eigenvalue weighted by molar-refractivity contribution is 9.10. The molecule has 17 heavy (non-hydrogen) atoms. The van der Waals surface area contributed by atoms with Gasteiger partial charge in [-0.25, -0.2) is 17.8 Å². The lowest BCUT2D eigenvalue weighted by atomic mass is 10.1. The van der Waals surface area contributed by atoms with Crippen LogP contribution in [0.15, 0.2) is 9.63 Å². The van der Waals surface area contributed by atoms with E-state index in [1.54, 1.807) is 7.05 Å². The van der Waals surface area contributed by atoms with Crippen LogP contribution < -0.4 is 10.0 Å². The van der Waals surface area contributed by atoms with Gasteiger partial charge in [0, 0.05) is 13.6 Å². The molecule has 2 heterocycles. The number of aryl methyl sites for hydroxylation is 1. The number of halogens is 1. The van der Waals surface area contributed by atoms with Gasteiger partial charge in [-0.15, -0.1) is 5.10 Å². The third-order valence-electron chi connectivity index (χ3n) is 2.72. The molecule has 0 spiro atoms. The Morgan fingerprint density at radius 3 is 2.94 bits per heavy atom. The van der Waals surface area contributed by atoms with Crippen molar-refractivity contribution in [1.29, 1.82) is 0 Å². The molecule has 0 bridgehead atoms. The number of aromatic nitrogens is 3. The third-order valence-corrected chi connectivity index (χ3v) is 5.03. The van der Waals surface area contributed by atoms with Crippen molar-refractivity contribution in [3.63, 3.8) is 0 Å². The van der Waals surface area contributed by atoms with Crippen molar-refractivity contribution >= 4 is 26.0 Å². The van der Waals surface area contributed by atoms with E-state index in [1.165, 1.54) is 4.68 Å². The van der Waals surface area contributed by atoms with Gasteiger partial charge in [0.2, 0.25) is 5.03 Å². The summed E-state index contributed by atoms with van der Waals surface area (Å²) in [6.45, 7) is 2.24. The largest absolute Gasteiger partial charge is 0.316 e. The molecule has 1 saturated heterocycles. The second-order valence-electron chi connectivity index (χ2n) is 4.02. The second kappa shape index (κ2) is 5.01. The molecule has 0 amide bonds. The molecule has 0 radical (unpaired) electrons. The predicted octanol–water partition coefficient (Wildman–Crippen LogP) is -0.535. The van der Waals surface area contributed by atoms with Crippen LogP contribution in [0.2, 0.25) is 0 Å². The molecule has 7 nitrogen and oxygen atoms in total. The van der Waals surface area contributed by atoms with Crippen LogP contribution in [0, 0.1) is 5.92 Å². The van der Waals surface area contributed by atoms with Crippen LogP contribution in [-0.4, -0.2) is 43.0 Å². The van der Waals surface area contributed by atoms with E-state index in [1.807, 2.05) is 0 Å². The molecule has 1 aliphatic heterocycles. The van der Waals surface area contributed by atoms with Gasteiger partial charge in [0.05, 0.1) is 0 Å². The lowest BCUT2D eigenvalue weighted by molar-refractivity contribution is 0.528. The Labute approximate surface area is 108 Å². The molecule has 1 aliphatic rings. The first-order valence-corrected chi connectivity index (χ1v) is 7.54. The summed E-state index contributed by atoms with van der Waals surface area (Å²) >= 11 is 3.08. The van der Waals surface area contributed by atoms with Gasteiger partial charge in [-0.1, -0.05) is 5.21 Å². The molecule has 96 valence electrons. The van der Waals surface area contributed by atoms with Crippen molar-refractivity contribution < 1.29 is 8.42 Å². The van der Waals surface area contributed by atoms with Crippen molar-refractivity contribution in [3.8, 4) is 0 Å². The molecule has 1 unspecified atom stereocenters. The highest BCUT2D eigenvalue weighted by Gasteiger charge is 2.25. The second-order valence-corrected chi connectivity index (χ2v) is 6.45. The van der Waals surface area contributed by atoms with Crippen LogP contribution in [0.25, 0.3) is 0 Å². The fourth-order valence-electron chi connectivity index (χ4n) is 1.79. The third kappa shape index (κ3) is 2.84. The molecule has 0 aliphatic carbocycles. The number of sulfonamides is 1. The summed E-state index contributed by atoms with van der Waals surface area (Å²) in [7, 11) is -2.01. The lowest BCUT2D eigenvalue weighted by Gasteiger charge is -2.10. The molecule has 1 atom stereocenters. The van der Waals surface area contributed by atoms with E-state index in [9.17, 15) is 8.42 Å². The van der Waals surface area contributed by atoms with Gasteiger partial charge in [-0.05, 0) is 41.4 Å². The average molecular weight is 324 g/mol. The zero-order valence-electron chi connectivity index (χ0n) is 9.35. The molecular formula is C8H14BrN5O2S. The van der Waals surface area contributed by atoms with Crippen molar-refractivity contribution in [3.05, 3.63) is 4.60 Å². The summed E-state index contributed by atoms with van der Waals surface area (Å²) < 4.78 is 28.1. The Morgan fingerprint density at radius 1 is 1.65 bits per heavy atom. The summed E-state index contributed by atoms with van der Waals surface area (Å²) in [6, 6.07) is 0. The monoisotopic (exact) mass is 323 g/mol. The van der Waals surface area contributed by atoms with Crippen molar-refractivity contribution in [2.45, 2.75) is 11.4 Å². The molecule has 1 fully saturated rings. The minimum Gasteiger partial charge on any atom is -0.316 e. The molecule has 0 aromatic carbocycles. The van der Waals surface area contributed by atoms with Crippen LogP contribution >= 0.6 is 15.9 Å². The molecule has 1 aromatic rings. The quantitative estimate of drug-likeness (QED) is 0.777. The first-order chi connectivity index (χ1) is 8.00. The fourth-order valence-corrected chi connectivity index (χ4v) is 4.00. The van der Waals surface area contributed by atoms with E-state index >= 15 is 0 Å². The summed E-state index contributed by atoms with van der Waals surface area (Å²) in [5, 5.41) is 10.6. The van der Waals surface area contributed by atoms with E-state index in [-0.39, 0.29) is 9.63 Å². The predicted molar refractivity (Wildman–Crippen MR) is 64.9 cm³/mol. The molecule has 2 N–H and O–H groups in total. The fraction of sp³-hybridized carbons (Fsp3) is 0.750. The maximum Gasteiger partial charge on any atom is 0.260 e. The minimum atomic E-state index is -3.55. The summed E-state index contributed by atoms with van der Waals surface area (Å²) in [6.07, 6.45) is 0.993. The number of rotatable bonds is 4. The van der Waals surface area contributed by atoms with Crippen LogP contribution in [0.4, 0.5) is 0 Å². The Hall–Kier alpha value is -0.510. The van der Waals surface area contributed by atoms with E-state index in [2.05, 4.69) is 36.3 Å². The first-order valence-electron chi connectivity index (χ1n) is 5.26. The minimum absolute atomic E-state index is 0.0588. The van der Waals surface area contributed by atoms with Gasteiger partial charge in [0.25, 0.3) is 10.0 Å². The van der Waals surface area contributed by atoms with Crippen LogP contribution in [-0.2, 0) is 17.1 Å². The van der Waals surface area contributed by atoms with E-state index in [0.717, 1.165) is 19.5 Å². The zero-order valence-corrected chi connectivity index (χ0v) is 11.8. The van der Waals surface area contributed by atoms with E-state index < -0.39 is 10.0 Å². The van der Waals surface area contributed by atoms with E-state index in [0.29, 0.717) is 12.5 Å². The summed E-state index contributed by atoms with van der Waals surface area (Å²) in [4.78, 5) is 0. The van der Waals surface area contributed by atoms with Crippen molar-refractivity contribution in [2.24, 2.45) is 13.0 Å². The van der Waals surface area contributed by atoms with Gasteiger partial charge >= 0.3 is 0 Å². The van der Waals surface area contributed by atoms with E-state index in [4.69, 9.17) is 0 Å². The van der Waals surface area contributed by atoms with Gasteiger partial charge in [0.15, 0.2) is 4.60 Å². The first kappa shape index (κ1) is 12.9. The number of hydrogen-bond donors (Lipinski definition) is 2. The normalized spacial score (nSPS) is 20.9. The van der Waals surface area contributed by atoms with Gasteiger partial charge < -0.3 is 5.32 Å². The smallest absolute Gasteiger partial charge is 0.260 e. The Morgan fingerprint density at radius 2 is 2.41 bits per heavy atom. The van der Waals surface area contributed by atoms with Crippen molar-refractivity contribution in [2.75, 3.05) is 19.6 Å². The number of nitrogens with one attached hydrogen (secondary N) is 2. The maximum atomic E-state index is 12.0. The van der Waals surface area contributed by atoms with Gasteiger partial charge in [-0.3, -0.25) is 0 Å². The lowest BCUT2D eigenvalue weighted by Crippen LogP contribution is -2.31.